The van der Waals surface area contributed by atoms with Crippen LogP contribution in [-0.4, -0.2) is 33.5 Å². The number of halogens is 2. The fraction of sp³-hybridized carbons (Fsp3) is 0.286. The molecule has 1 N–H and O–H groups in total. The Morgan fingerprint density at radius 1 is 1.20 bits per heavy atom. The van der Waals surface area contributed by atoms with Crippen LogP contribution in [0.3, 0.4) is 0 Å². The molecule has 0 bridgehead atoms. The number of carbonyl (C=O) groups is 1. The summed E-state index contributed by atoms with van der Waals surface area (Å²) in [5.74, 6) is 1.55. The largest absolute Gasteiger partial charge is 0.496 e. The fourth-order valence-electron chi connectivity index (χ4n) is 2.99. The van der Waals surface area contributed by atoms with Crippen LogP contribution < -0.4 is 10.1 Å². The first-order valence-electron chi connectivity index (χ1n) is 9.38. The Kier molecular flexibility index (Phi) is 7.64. The predicted octanol–water partition coefficient (Wildman–Crippen LogP) is 5.25. The lowest BCUT2D eigenvalue weighted by molar-refractivity contribution is -0.119. The number of nitrogens with one attached hydrogen (secondary N) is 1. The van der Waals surface area contributed by atoms with Crippen molar-refractivity contribution in [2.24, 2.45) is 0 Å². The molecule has 9 heteroatoms. The number of hydrogen-bond donors (Lipinski definition) is 1. The fourth-order valence-corrected chi connectivity index (χ4v) is 4.11. The van der Waals surface area contributed by atoms with E-state index in [4.69, 9.17) is 27.9 Å². The van der Waals surface area contributed by atoms with E-state index in [-0.39, 0.29) is 17.7 Å². The number of ether oxygens (including phenoxy) is 1. The lowest BCUT2D eigenvalue weighted by Crippen LogP contribution is -2.28. The number of thioether (sulfide) groups is 1. The van der Waals surface area contributed by atoms with Gasteiger partial charge in [0.1, 0.15) is 5.75 Å². The Hall–Kier alpha value is -2.22. The van der Waals surface area contributed by atoms with Crippen LogP contribution >= 0.6 is 35.0 Å². The number of rotatable bonds is 8. The maximum absolute atomic E-state index is 12.5. The summed E-state index contributed by atoms with van der Waals surface area (Å²) < 4.78 is 7.41. The van der Waals surface area contributed by atoms with E-state index < -0.39 is 0 Å². The molecule has 0 aliphatic carbocycles. The van der Waals surface area contributed by atoms with Crippen molar-refractivity contribution < 1.29 is 9.53 Å². The zero-order valence-electron chi connectivity index (χ0n) is 16.9. The number of hydrogen-bond acceptors (Lipinski definition) is 5. The normalized spacial score (nSPS) is 11.9. The van der Waals surface area contributed by atoms with E-state index in [2.05, 4.69) is 15.5 Å². The van der Waals surface area contributed by atoms with Crippen LogP contribution in [0.25, 0.3) is 11.4 Å². The zero-order chi connectivity index (χ0) is 21.7. The quantitative estimate of drug-likeness (QED) is 0.461. The molecule has 3 rings (SSSR count). The average Bonchev–Trinajstić information content (AvgIpc) is 3.16. The van der Waals surface area contributed by atoms with Crippen molar-refractivity contribution >= 4 is 40.9 Å². The molecule has 0 aliphatic heterocycles. The second kappa shape index (κ2) is 10.2. The first kappa shape index (κ1) is 22.5. The van der Waals surface area contributed by atoms with Crippen LogP contribution in [0.1, 0.15) is 25.5 Å². The van der Waals surface area contributed by atoms with Crippen LogP contribution in [0.5, 0.6) is 5.75 Å². The minimum Gasteiger partial charge on any atom is -0.496 e. The molecule has 1 unspecified atom stereocenters. The molecule has 0 radical (unpaired) electrons. The van der Waals surface area contributed by atoms with Crippen LogP contribution in [0.4, 0.5) is 0 Å². The molecule has 1 heterocycles. The minimum atomic E-state index is -0.193. The van der Waals surface area contributed by atoms with Crippen molar-refractivity contribution in [1.82, 2.24) is 20.1 Å². The molecule has 1 atom stereocenters. The van der Waals surface area contributed by atoms with Gasteiger partial charge in [0.05, 0.1) is 34.5 Å². The number of methoxy groups -OCH3 is 1. The minimum absolute atomic E-state index is 0.108. The Morgan fingerprint density at radius 2 is 1.97 bits per heavy atom. The van der Waals surface area contributed by atoms with Gasteiger partial charge in [-0.2, -0.15) is 0 Å². The van der Waals surface area contributed by atoms with Gasteiger partial charge in [0.25, 0.3) is 0 Å². The Bertz CT molecular complexity index is 1040. The molecule has 30 heavy (non-hydrogen) atoms. The van der Waals surface area contributed by atoms with Gasteiger partial charge in [-0.15, -0.1) is 10.2 Å². The smallest absolute Gasteiger partial charge is 0.230 e. The van der Waals surface area contributed by atoms with Crippen molar-refractivity contribution in [3.63, 3.8) is 0 Å². The van der Waals surface area contributed by atoms with Gasteiger partial charge in [-0.3, -0.25) is 4.79 Å². The molecular weight excluding hydrogens is 443 g/mol. The maximum Gasteiger partial charge on any atom is 0.230 e. The highest BCUT2D eigenvalue weighted by molar-refractivity contribution is 7.99. The van der Waals surface area contributed by atoms with Crippen molar-refractivity contribution in [3.05, 3.63) is 58.1 Å². The lowest BCUT2D eigenvalue weighted by atomic mass is 10.1. The van der Waals surface area contributed by atoms with Gasteiger partial charge >= 0.3 is 0 Å². The number of amides is 1. The monoisotopic (exact) mass is 464 g/mol. The van der Waals surface area contributed by atoms with Crippen LogP contribution in [0.2, 0.25) is 10.0 Å². The molecule has 158 valence electrons. The number of nitrogens with zero attached hydrogens (tertiary/aromatic N) is 3. The maximum atomic E-state index is 12.5. The summed E-state index contributed by atoms with van der Waals surface area (Å²) in [6.45, 7) is 4.58. The second-order valence-corrected chi connectivity index (χ2v) is 8.26. The summed E-state index contributed by atoms with van der Waals surface area (Å²) in [4.78, 5) is 12.5. The summed E-state index contributed by atoms with van der Waals surface area (Å²) >= 11 is 13.4. The van der Waals surface area contributed by atoms with Gasteiger partial charge in [-0.05, 0) is 43.7 Å². The second-order valence-electron chi connectivity index (χ2n) is 6.50. The van der Waals surface area contributed by atoms with Crippen molar-refractivity contribution in [2.45, 2.75) is 31.6 Å². The van der Waals surface area contributed by atoms with Gasteiger partial charge < -0.3 is 14.6 Å². The van der Waals surface area contributed by atoms with Gasteiger partial charge in [-0.1, -0.05) is 53.2 Å². The van der Waals surface area contributed by atoms with E-state index in [1.807, 2.05) is 48.7 Å². The highest BCUT2D eigenvalue weighted by Gasteiger charge is 2.18. The highest BCUT2D eigenvalue weighted by atomic mass is 35.5. The molecule has 0 spiro atoms. The molecule has 2 aromatic carbocycles. The van der Waals surface area contributed by atoms with E-state index in [1.165, 1.54) is 11.8 Å². The van der Waals surface area contributed by atoms with Crippen LogP contribution in [0.15, 0.2) is 47.6 Å². The highest BCUT2D eigenvalue weighted by Crippen LogP contribution is 2.31. The van der Waals surface area contributed by atoms with Crippen molar-refractivity contribution in [2.75, 3.05) is 12.9 Å². The van der Waals surface area contributed by atoms with Gasteiger partial charge in [-0.25, -0.2) is 0 Å². The number of benzene rings is 2. The number of carbonyl (C=O) groups excluding carboxylic acids is 1. The van der Waals surface area contributed by atoms with Gasteiger partial charge in [0.2, 0.25) is 5.91 Å². The molecular formula is C21H22Cl2N4O2S. The zero-order valence-corrected chi connectivity index (χ0v) is 19.2. The average molecular weight is 465 g/mol. The predicted molar refractivity (Wildman–Crippen MR) is 121 cm³/mol. The van der Waals surface area contributed by atoms with Gasteiger partial charge in [0, 0.05) is 6.54 Å². The molecule has 1 amide bonds. The first-order valence-corrected chi connectivity index (χ1v) is 11.1. The number of para-hydroxylation sites is 1. The molecule has 0 fully saturated rings. The molecule has 6 nitrogen and oxygen atoms in total. The Balaban J connectivity index is 1.67. The van der Waals surface area contributed by atoms with Crippen LogP contribution in [0, 0.1) is 0 Å². The molecule has 0 aliphatic rings. The third-order valence-electron chi connectivity index (χ3n) is 4.53. The standard InChI is InChI=1S/C21H22Cl2N4O2S/c1-4-27-20(15-7-5-6-8-18(15)29-3)25-26-21(27)30-12-19(28)24-13(2)14-9-10-16(22)17(23)11-14/h5-11,13H,4,12H2,1-3H3,(H,24,28). The van der Waals surface area contributed by atoms with E-state index in [9.17, 15) is 4.79 Å². The van der Waals surface area contributed by atoms with Crippen molar-refractivity contribution in [3.8, 4) is 17.1 Å². The van der Waals surface area contributed by atoms with Crippen molar-refractivity contribution in [1.29, 1.82) is 0 Å². The van der Waals surface area contributed by atoms with Gasteiger partial charge in [0.15, 0.2) is 11.0 Å². The molecule has 1 aromatic heterocycles. The van der Waals surface area contributed by atoms with Crippen LogP contribution in [-0.2, 0) is 11.3 Å². The summed E-state index contributed by atoms with van der Waals surface area (Å²) in [7, 11) is 1.63. The summed E-state index contributed by atoms with van der Waals surface area (Å²) in [5, 5.41) is 13.2. The summed E-state index contributed by atoms with van der Waals surface area (Å²) in [6.07, 6.45) is 0. The van der Waals surface area contributed by atoms with E-state index in [0.29, 0.717) is 27.6 Å². The molecule has 0 saturated carbocycles. The third kappa shape index (κ3) is 5.09. The molecule has 0 saturated heterocycles. The Labute approximate surface area is 189 Å². The summed E-state index contributed by atoms with van der Waals surface area (Å²) in [6, 6.07) is 12.8. The molecule has 3 aromatic rings. The van der Waals surface area contributed by atoms with E-state index in [1.54, 1.807) is 19.2 Å². The third-order valence-corrected chi connectivity index (χ3v) is 6.24. The topological polar surface area (TPSA) is 69.0 Å². The Morgan fingerprint density at radius 3 is 2.67 bits per heavy atom. The SMILES string of the molecule is CCn1c(SCC(=O)NC(C)c2ccc(Cl)c(Cl)c2)nnc1-c1ccccc1OC. The lowest BCUT2D eigenvalue weighted by Gasteiger charge is -2.15. The summed E-state index contributed by atoms with van der Waals surface area (Å²) in [5.41, 5.74) is 1.75. The number of aromatic nitrogens is 3. The van der Waals surface area contributed by atoms with E-state index in [0.717, 1.165) is 16.9 Å². The van der Waals surface area contributed by atoms with E-state index >= 15 is 0 Å². The first-order chi connectivity index (χ1) is 14.4.